The van der Waals surface area contributed by atoms with Crippen LogP contribution in [0.25, 0.3) is 0 Å². The highest BCUT2D eigenvalue weighted by molar-refractivity contribution is 5.77. The van der Waals surface area contributed by atoms with Gasteiger partial charge in [0.25, 0.3) is 0 Å². The quantitative estimate of drug-likeness (QED) is 0.563. The minimum atomic E-state index is 0.0432. The van der Waals surface area contributed by atoms with Crippen LogP contribution in [0.4, 0.5) is 0 Å². The van der Waals surface area contributed by atoms with E-state index in [9.17, 15) is 4.79 Å². The second-order valence-corrected chi connectivity index (χ2v) is 3.62. The van der Waals surface area contributed by atoms with Crippen molar-refractivity contribution in [1.82, 2.24) is 10.6 Å². The molecule has 0 aliphatic carbocycles. The zero-order valence-electron chi connectivity index (χ0n) is 10.1. The van der Waals surface area contributed by atoms with Gasteiger partial charge in [0.2, 0.25) is 5.91 Å². The summed E-state index contributed by atoms with van der Waals surface area (Å²) < 4.78 is 4.84. The van der Waals surface area contributed by atoms with Crippen LogP contribution in [0.15, 0.2) is 0 Å². The summed E-state index contributed by atoms with van der Waals surface area (Å²) in [5.74, 6) is 0.0432. The molecule has 90 valence electrons. The lowest BCUT2D eigenvalue weighted by atomic mass is 10.1. The van der Waals surface area contributed by atoms with E-state index in [0.717, 1.165) is 19.3 Å². The second-order valence-electron chi connectivity index (χ2n) is 3.62. The Labute approximate surface area is 92.8 Å². The standard InChI is InChI=1S/C11H24N2O2/c1-4-6-10(5-2)13-9-11(14)12-7-8-15-3/h10,13H,4-9H2,1-3H3,(H,12,14). The lowest BCUT2D eigenvalue weighted by molar-refractivity contribution is -0.120. The van der Waals surface area contributed by atoms with Crippen LogP contribution < -0.4 is 10.6 Å². The van der Waals surface area contributed by atoms with E-state index in [0.29, 0.717) is 25.7 Å². The van der Waals surface area contributed by atoms with Gasteiger partial charge >= 0.3 is 0 Å². The van der Waals surface area contributed by atoms with Gasteiger partial charge in [-0.15, -0.1) is 0 Å². The Morgan fingerprint density at radius 1 is 1.40 bits per heavy atom. The molecule has 2 N–H and O–H groups in total. The van der Waals surface area contributed by atoms with Crippen LogP contribution in [-0.2, 0) is 9.53 Å². The molecule has 0 spiro atoms. The third kappa shape index (κ3) is 8.39. The lowest BCUT2D eigenvalue weighted by Gasteiger charge is -2.15. The van der Waals surface area contributed by atoms with Crippen molar-refractivity contribution in [3.63, 3.8) is 0 Å². The molecule has 0 saturated carbocycles. The Balaban J connectivity index is 3.50. The van der Waals surface area contributed by atoms with Crippen molar-refractivity contribution in [3.05, 3.63) is 0 Å². The zero-order valence-corrected chi connectivity index (χ0v) is 10.1. The molecule has 4 heteroatoms. The highest BCUT2D eigenvalue weighted by atomic mass is 16.5. The summed E-state index contributed by atoms with van der Waals surface area (Å²) in [4.78, 5) is 11.3. The van der Waals surface area contributed by atoms with Gasteiger partial charge in [0.1, 0.15) is 0 Å². The number of nitrogens with one attached hydrogen (secondary N) is 2. The average Bonchev–Trinajstić information content (AvgIpc) is 2.24. The average molecular weight is 216 g/mol. The Morgan fingerprint density at radius 2 is 2.13 bits per heavy atom. The van der Waals surface area contributed by atoms with Gasteiger partial charge in [-0.05, 0) is 12.8 Å². The summed E-state index contributed by atoms with van der Waals surface area (Å²) in [5.41, 5.74) is 0. The van der Waals surface area contributed by atoms with Gasteiger partial charge in [-0.3, -0.25) is 4.79 Å². The third-order valence-corrected chi connectivity index (χ3v) is 2.31. The van der Waals surface area contributed by atoms with Crippen LogP contribution in [0.5, 0.6) is 0 Å². The van der Waals surface area contributed by atoms with Gasteiger partial charge < -0.3 is 15.4 Å². The van der Waals surface area contributed by atoms with E-state index in [1.807, 2.05) is 0 Å². The van der Waals surface area contributed by atoms with Crippen LogP contribution in [-0.4, -0.2) is 38.8 Å². The fourth-order valence-electron chi connectivity index (χ4n) is 1.39. The highest BCUT2D eigenvalue weighted by Gasteiger charge is 2.06. The molecule has 0 aliphatic rings. The van der Waals surface area contributed by atoms with E-state index < -0.39 is 0 Å². The highest BCUT2D eigenvalue weighted by Crippen LogP contribution is 1.99. The maximum absolute atomic E-state index is 11.3. The number of rotatable bonds is 9. The molecule has 0 fully saturated rings. The van der Waals surface area contributed by atoms with Crippen LogP contribution in [0.1, 0.15) is 33.1 Å². The Morgan fingerprint density at radius 3 is 2.67 bits per heavy atom. The van der Waals surface area contributed by atoms with Crippen molar-refractivity contribution in [2.24, 2.45) is 0 Å². The molecule has 0 aromatic rings. The van der Waals surface area contributed by atoms with E-state index in [1.54, 1.807) is 7.11 Å². The molecular weight excluding hydrogens is 192 g/mol. The molecule has 0 aromatic heterocycles. The van der Waals surface area contributed by atoms with Crippen molar-refractivity contribution in [2.75, 3.05) is 26.8 Å². The van der Waals surface area contributed by atoms with Crippen LogP contribution in [0.3, 0.4) is 0 Å². The zero-order chi connectivity index (χ0) is 11.5. The summed E-state index contributed by atoms with van der Waals surface area (Å²) in [6.07, 6.45) is 3.35. The second kappa shape index (κ2) is 9.93. The first kappa shape index (κ1) is 14.4. The molecule has 0 aromatic carbocycles. The van der Waals surface area contributed by atoms with E-state index in [4.69, 9.17) is 4.74 Å². The number of ether oxygens (including phenoxy) is 1. The van der Waals surface area contributed by atoms with E-state index >= 15 is 0 Å². The molecule has 4 nitrogen and oxygen atoms in total. The number of hydrogen-bond donors (Lipinski definition) is 2. The van der Waals surface area contributed by atoms with Gasteiger partial charge in [0, 0.05) is 19.7 Å². The maximum Gasteiger partial charge on any atom is 0.234 e. The molecule has 1 unspecified atom stereocenters. The summed E-state index contributed by atoms with van der Waals surface area (Å²) in [5, 5.41) is 6.02. The van der Waals surface area contributed by atoms with Crippen molar-refractivity contribution in [1.29, 1.82) is 0 Å². The third-order valence-electron chi connectivity index (χ3n) is 2.31. The first-order valence-corrected chi connectivity index (χ1v) is 5.73. The number of amides is 1. The predicted octanol–water partition coefficient (Wildman–Crippen LogP) is 0.917. The normalized spacial score (nSPS) is 12.5. The van der Waals surface area contributed by atoms with Crippen molar-refractivity contribution in [3.8, 4) is 0 Å². The molecule has 1 amide bonds. The summed E-state index contributed by atoms with van der Waals surface area (Å²) >= 11 is 0. The number of methoxy groups -OCH3 is 1. The number of hydrogen-bond acceptors (Lipinski definition) is 3. The predicted molar refractivity (Wildman–Crippen MR) is 61.9 cm³/mol. The lowest BCUT2D eigenvalue weighted by Crippen LogP contribution is -2.39. The molecule has 0 radical (unpaired) electrons. The molecule has 15 heavy (non-hydrogen) atoms. The summed E-state index contributed by atoms with van der Waals surface area (Å²) in [7, 11) is 1.62. The number of carbonyl (C=O) groups is 1. The van der Waals surface area contributed by atoms with Gasteiger partial charge in [-0.2, -0.15) is 0 Å². The molecule has 0 heterocycles. The van der Waals surface area contributed by atoms with E-state index in [-0.39, 0.29) is 5.91 Å². The fourth-order valence-corrected chi connectivity index (χ4v) is 1.39. The van der Waals surface area contributed by atoms with Crippen LogP contribution >= 0.6 is 0 Å². The SMILES string of the molecule is CCCC(CC)NCC(=O)NCCOC. The molecule has 1 atom stereocenters. The molecule has 0 saturated heterocycles. The first-order chi connectivity index (χ1) is 7.24. The minimum Gasteiger partial charge on any atom is -0.383 e. The monoisotopic (exact) mass is 216 g/mol. The van der Waals surface area contributed by atoms with Gasteiger partial charge in [-0.1, -0.05) is 20.3 Å². The molecule has 0 bridgehead atoms. The largest absolute Gasteiger partial charge is 0.383 e. The Kier molecular flexibility index (Phi) is 9.52. The topological polar surface area (TPSA) is 50.4 Å². The van der Waals surface area contributed by atoms with Gasteiger partial charge in [0.05, 0.1) is 13.2 Å². The minimum absolute atomic E-state index is 0.0432. The smallest absolute Gasteiger partial charge is 0.234 e. The van der Waals surface area contributed by atoms with Crippen molar-refractivity contribution < 1.29 is 9.53 Å². The van der Waals surface area contributed by atoms with Crippen molar-refractivity contribution >= 4 is 5.91 Å². The van der Waals surface area contributed by atoms with E-state index in [1.165, 1.54) is 0 Å². The molecule has 0 rings (SSSR count). The van der Waals surface area contributed by atoms with Gasteiger partial charge in [-0.25, -0.2) is 0 Å². The summed E-state index contributed by atoms with van der Waals surface area (Å²) in [6, 6.07) is 0.461. The molecular formula is C11H24N2O2. The Bertz CT molecular complexity index is 163. The van der Waals surface area contributed by atoms with Crippen LogP contribution in [0, 0.1) is 0 Å². The first-order valence-electron chi connectivity index (χ1n) is 5.73. The van der Waals surface area contributed by atoms with Crippen molar-refractivity contribution in [2.45, 2.75) is 39.2 Å². The summed E-state index contributed by atoms with van der Waals surface area (Å²) in [6.45, 7) is 5.85. The Hall–Kier alpha value is -0.610. The maximum atomic E-state index is 11.3. The molecule has 0 aliphatic heterocycles. The van der Waals surface area contributed by atoms with E-state index in [2.05, 4.69) is 24.5 Å². The number of carbonyl (C=O) groups excluding carboxylic acids is 1. The van der Waals surface area contributed by atoms with Gasteiger partial charge in [0.15, 0.2) is 0 Å². The van der Waals surface area contributed by atoms with Crippen LogP contribution in [0.2, 0.25) is 0 Å². The fraction of sp³-hybridized carbons (Fsp3) is 0.909.